The van der Waals surface area contributed by atoms with E-state index in [2.05, 4.69) is 37.9 Å². The lowest BCUT2D eigenvalue weighted by Crippen LogP contribution is -2.52. The minimum absolute atomic E-state index is 0.639. The quantitative estimate of drug-likeness (QED) is 0.815. The number of nitrogens with zero attached hydrogens (tertiary/aromatic N) is 1. The van der Waals surface area contributed by atoms with Gasteiger partial charge in [-0.15, -0.1) is 0 Å². The molecular formula is C18H36N2O. The van der Waals surface area contributed by atoms with E-state index in [1.54, 1.807) is 0 Å². The molecule has 0 amide bonds. The van der Waals surface area contributed by atoms with Gasteiger partial charge in [0.2, 0.25) is 0 Å². The predicted octanol–water partition coefficient (Wildman–Crippen LogP) is 3.15. The summed E-state index contributed by atoms with van der Waals surface area (Å²) in [4.78, 5) is 2.71. The smallest absolute Gasteiger partial charge is 0.0622 e. The molecule has 1 aliphatic carbocycles. The molecule has 0 aromatic rings. The van der Waals surface area contributed by atoms with Gasteiger partial charge in [0, 0.05) is 25.2 Å². The van der Waals surface area contributed by atoms with Gasteiger partial charge in [-0.3, -0.25) is 4.90 Å². The van der Waals surface area contributed by atoms with Crippen LogP contribution in [0.4, 0.5) is 0 Å². The molecule has 3 nitrogen and oxygen atoms in total. The zero-order chi connectivity index (χ0) is 15.2. The Morgan fingerprint density at radius 1 is 1.24 bits per heavy atom. The van der Waals surface area contributed by atoms with E-state index in [4.69, 9.17) is 4.74 Å². The fraction of sp³-hybridized carbons (Fsp3) is 1.00. The van der Waals surface area contributed by atoms with Gasteiger partial charge in [0.25, 0.3) is 0 Å². The first kappa shape index (κ1) is 17.2. The Balaban J connectivity index is 1.97. The summed E-state index contributed by atoms with van der Waals surface area (Å²) in [5.41, 5.74) is 0. The lowest BCUT2D eigenvalue weighted by atomic mass is 9.73. The predicted molar refractivity (Wildman–Crippen MR) is 89.6 cm³/mol. The molecule has 0 bridgehead atoms. The van der Waals surface area contributed by atoms with Gasteiger partial charge in [-0.1, -0.05) is 27.7 Å². The van der Waals surface area contributed by atoms with Gasteiger partial charge >= 0.3 is 0 Å². The van der Waals surface area contributed by atoms with Crippen LogP contribution in [0.1, 0.15) is 53.4 Å². The molecule has 2 fully saturated rings. The van der Waals surface area contributed by atoms with Crippen LogP contribution in [0, 0.1) is 17.8 Å². The lowest BCUT2D eigenvalue weighted by molar-refractivity contribution is -0.0234. The van der Waals surface area contributed by atoms with E-state index in [0.29, 0.717) is 6.04 Å². The fourth-order valence-electron chi connectivity index (χ4n) is 4.25. The SMILES string of the molecule is CCNC1CCC(C(C)C)CC1CN1CCOCC1CC. The van der Waals surface area contributed by atoms with Crippen molar-refractivity contribution in [1.82, 2.24) is 10.2 Å². The lowest BCUT2D eigenvalue weighted by Gasteiger charge is -2.43. The molecule has 2 rings (SSSR count). The molecule has 0 radical (unpaired) electrons. The molecule has 3 heteroatoms. The van der Waals surface area contributed by atoms with Crippen molar-refractivity contribution in [3.63, 3.8) is 0 Å². The molecule has 21 heavy (non-hydrogen) atoms. The minimum Gasteiger partial charge on any atom is -0.378 e. The highest BCUT2D eigenvalue weighted by atomic mass is 16.5. The summed E-state index contributed by atoms with van der Waals surface area (Å²) in [7, 11) is 0. The molecule has 2 aliphatic rings. The second kappa shape index (κ2) is 8.50. The third-order valence-corrected chi connectivity index (χ3v) is 5.72. The Morgan fingerprint density at radius 2 is 2.05 bits per heavy atom. The Bertz CT molecular complexity index is 295. The van der Waals surface area contributed by atoms with Crippen molar-refractivity contribution in [2.75, 3.05) is 32.8 Å². The van der Waals surface area contributed by atoms with Crippen LogP contribution in [0.15, 0.2) is 0 Å². The van der Waals surface area contributed by atoms with E-state index in [0.717, 1.165) is 50.1 Å². The highest BCUT2D eigenvalue weighted by molar-refractivity contribution is 4.89. The highest BCUT2D eigenvalue weighted by Crippen LogP contribution is 2.35. The minimum atomic E-state index is 0.639. The van der Waals surface area contributed by atoms with Crippen molar-refractivity contribution < 1.29 is 4.74 Å². The summed E-state index contributed by atoms with van der Waals surface area (Å²) in [5, 5.41) is 3.76. The topological polar surface area (TPSA) is 24.5 Å². The standard InChI is InChI=1S/C18H36N2O/c1-5-17-13-21-10-9-20(17)12-16-11-15(14(3)4)7-8-18(16)19-6-2/h14-19H,5-13H2,1-4H3. The van der Waals surface area contributed by atoms with Crippen molar-refractivity contribution in [1.29, 1.82) is 0 Å². The van der Waals surface area contributed by atoms with Crippen LogP contribution in [0.25, 0.3) is 0 Å². The molecule has 0 aromatic heterocycles. The largest absolute Gasteiger partial charge is 0.378 e. The van der Waals surface area contributed by atoms with Crippen LogP contribution in [0.2, 0.25) is 0 Å². The van der Waals surface area contributed by atoms with Crippen LogP contribution < -0.4 is 5.32 Å². The summed E-state index contributed by atoms with van der Waals surface area (Å²) in [6.45, 7) is 14.7. The van der Waals surface area contributed by atoms with Gasteiger partial charge in [0.15, 0.2) is 0 Å². The maximum absolute atomic E-state index is 5.67. The highest BCUT2D eigenvalue weighted by Gasteiger charge is 2.34. The van der Waals surface area contributed by atoms with Crippen LogP contribution in [-0.2, 0) is 4.74 Å². The molecule has 0 aromatic carbocycles. The van der Waals surface area contributed by atoms with Crippen LogP contribution in [0.5, 0.6) is 0 Å². The Hall–Kier alpha value is -0.120. The third kappa shape index (κ3) is 4.67. The molecule has 1 N–H and O–H groups in total. The van der Waals surface area contributed by atoms with Gasteiger partial charge in [0.1, 0.15) is 0 Å². The molecule has 1 saturated heterocycles. The van der Waals surface area contributed by atoms with E-state index < -0.39 is 0 Å². The first-order valence-corrected chi connectivity index (χ1v) is 9.20. The number of morpholine rings is 1. The number of ether oxygens (including phenoxy) is 1. The normalized spacial score (nSPS) is 35.3. The Labute approximate surface area is 131 Å². The maximum atomic E-state index is 5.67. The summed E-state index contributed by atoms with van der Waals surface area (Å²) in [6.07, 6.45) is 5.39. The number of hydrogen-bond donors (Lipinski definition) is 1. The fourth-order valence-corrected chi connectivity index (χ4v) is 4.25. The molecular weight excluding hydrogens is 260 g/mol. The van der Waals surface area contributed by atoms with Gasteiger partial charge < -0.3 is 10.1 Å². The van der Waals surface area contributed by atoms with E-state index in [-0.39, 0.29) is 0 Å². The summed E-state index contributed by atoms with van der Waals surface area (Å²) in [6, 6.07) is 1.37. The Kier molecular flexibility index (Phi) is 6.97. The zero-order valence-electron chi connectivity index (χ0n) is 14.6. The van der Waals surface area contributed by atoms with Crippen molar-refractivity contribution in [3.05, 3.63) is 0 Å². The van der Waals surface area contributed by atoms with Crippen molar-refractivity contribution in [3.8, 4) is 0 Å². The average molecular weight is 296 g/mol. The average Bonchev–Trinajstić information content (AvgIpc) is 2.49. The Morgan fingerprint density at radius 3 is 2.71 bits per heavy atom. The van der Waals surface area contributed by atoms with Gasteiger partial charge in [-0.2, -0.15) is 0 Å². The summed E-state index contributed by atoms with van der Waals surface area (Å²) < 4.78 is 5.67. The number of hydrogen-bond acceptors (Lipinski definition) is 3. The van der Waals surface area contributed by atoms with E-state index >= 15 is 0 Å². The zero-order valence-corrected chi connectivity index (χ0v) is 14.6. The molecule has 0 spiro atoms. The van der Waals surface area contributed by atoms with Gasteiger partial charge in [-0.25, -0.2) is 0 Å². The van der Waals surface area contributed by atoms with Crippen LogP contribution in [0.3, 0.4) is 0 Å². The number of rotatable bonds is 6. The molecule has 124 valence electrons. The van der Waals surface area contributed by atoms with Crippen LogP contribution >= 0.6 is 0 Å². The van der Waals surface area contributed by atoms with Gasteiger partial charge in [0.05, 0.1) is 13.2 Å². The van der Waals surface area contributed by atoms with Crippen molar-refractivity contribution >= 4 is 0 Å². The van der Waals surface area contributed by atoms with E-state index in [1.165, 1.54) is 32.2 Å². The first-order chi connectivity index (χ1) is 10.2. The maximum Gasteiger partial charge on any atom is 0.0622 e. The summed E-state index contributed by atoms with van der Waals surface area (Å²) in [5.74, 6) is 2.58. The molecule has 1 saturated carbocycles. The molecule has 4 unspecified atom stereocenters. The van der Waals surface area contributed by atoms with E-state index in [9.17, 15) is 0 Å². The monoisotopic (exact) mass is 296 g/mol. The third-order valence-electron chi connectivity index (χ3n) is 5.72. The molecule has 1 heterocycles. The van der Waals surface area contributed by atoms with Gasteiger partial charge in [-0.05, 0) is 50.0 Å². The second-order valence-corrected chi connectivity index (χ2v) is 7.37. The van der Waals surface area contributed by atoms with Crippen LogP contribution in [-0.4, -0.2) is 49.8 Å². The summed E-state index contributed by atoms with van der Waals surface area (Å²) >= 11 is 0. The van der Waals surface area contributed by atoms with Crippen molar-refractivity contribution in [2.24, 2.45) is 17.8 Å². The van der Waals surface area contributed by atoms with Crippen molar-refractivity contribution in [2.45, 2.75) is 65.5 Å². The molecule has 4 atom stereocenters. The first-order valence-electron chi connectivity index (χ1n) is 9.20. The molecule has 1 aliphatic heterocycles. The number of nitrogens with one attached hydrogen (secondary N) is 1. The van der Waals surface area contributed by atoms with E-state index in [1.807, 2.05) is 0 Å². The second-order valence-electron chi connectivity index (χ2n) is 7.37.